The first-order valence-corrected chi connectivity index (χ1v) is 8.45. The van der Waals surface area contributed by atoms with Gasteiger partial charge in [-0.15, -0.1) is 0 Å². The molecule has 0 saturated heterocycles. The molecule has 0 aromatic heterocycles. The molecule has 0 amide bonds. The third kappa shape index (κ3) is 5.82. The van der Waals surface area contributed by atoms with Crippen LogP contribution in [0.2, 0.25) is 0 Å². The molecule has 21 heavy (non-hydrogen) atoms. The first-order valence-electron chi connectivity index (χ1n) is 8.45. The molecule has 0 bridgehead atoms. The summed E-state index contributed by atoms with van der Waals surface area (Å²) in [7, 11) is 0. The topological polar surface area (TPSA) is 12.0 Å². The predicted octanol–water partition coefficient (Wildman–Crippen LogP) is 5.72. The van der Waals surface area contributed by atoms with Crippen LogP contribution < -0.4 is 5.32 Å². The summed E-state index contributed by atoms with van der Waals surface area (Å²) in [6.07, 6.45) is 2.49. The molecule has 0 aliphatic heterocycles. The molecule has 1 aromatic rings. The minimum absolute atomic E-state index is 0.411. The Balaban J connectivity index is 2.94. The van der Waals surface area contributed by atoms with Crippen LogP contribution in [-0.2, 0) is 0 Å². The van der Waals surface area contributed by atoms with E-state index in [0.29, 0.717) is 11.5 Å². The second kappa shape index (κ2) is 7.45. The van der Waals surface area contributed by atoms with Crippen LogP contribution >= 0.6 is 0 Å². The Labute approximate surface area is 132 Å². The molecule has 1 nitrogen and oxygen atoms in total. The van der Waals surface area contributed by atoms with Crippen LogP contribution in [-0.4, -0.2) is 6.54 Å². The lowest BCUT2D eigenvalue weighted by Crippen LogP contribution is -2.25. The van der Waals surface area contributed by atoms with Gasteiger partial charge in [-0.3, -0.25) is 0 Å². The molecule has 1 rings (SSSR count). The highest BCUT2D eigenvalue weighted by atomic mass is 14.9. The van der Waals surface area contributed by atoms with Gasteiger partial charge in [-0.25, -0.2) is 0 Å². The molecule has 0 spiro atoms. The van der Waals surface area contributed by atoms with E-state index in [9.17, 15) is 0 Å². The average molecular weight is 290 g/mol. The van der Waals surface area contributed by atoms with Gasteiger partial charge >= 0.3 is 0 Å². The molecule has 2 atom stereocenters. The minimum atomic E-state index is 0.411. The third-order valence-corrected chi connectivity index (χ3v) is 4.31. The van der Waals surface area contributed by atoms with E-state index in [1.165, 1.54) is 35.1 Å². The number of aryl methyl sites for hydroxylation is 3. The average Bonchev–Trinajstić information content (AvgIpc) is 2.31. The summed E-state index contributed by atoms with van der Waals surface area (Å²) in [5.41, 5.74) is 6.12. The zero-order chi connectivity index (χ0) is 16.2. The van der Waals surface area contributed by atoms with Crippen molar-refractivity contribution in [1.82, 2.24) is 5.32 Å². The summed E-state index contributed by atoms with van der Waals surface area (Å²) >= 11 is 0. The van der Waals surface area contributed by atoms with Crippen molar-refractivity contribution in [3.05, 3.63) is 34.4 Å². The van der Waals surface area contributed by atoms with Gasteiger partial charge in [-0.2, -0.15) is 0 Å². The SMILES string of the molecule is CCNC(CC(C)CC(C)(C)C)c1cc(C)c(C)cc1C. The van der Waals surface area contributed by atoms with E-state index in [2.05, 4.69) is 72.8 Å². The van der Waals surface area contributed by atoms with E-state index in [4.69, 9.17) is 0 Å². The minimum Gasteiger partial charge on any atom is -0.310 e. The van der Waals surface area contributed by atoms with Crippen LogP contribution in [0.15, 0.2) is 12.1 Å². The molecular weight excluding hydrogens is 254 g/mol. The number of nitrogens with one attached hydrogen (secondary N) is 1. The maximum absolute atomic E-state index is 3.70. The van der Waals surface area contributed by atoms with Crippen LogP contribution in [0.3, 0.4) is 0 Å². The van der Waals surface area contributed by atoms with Gasteiger partial charge in [0, 0.05) is 6.04 Å². The molecule has 0 radical (unpaired) electrons. The maximum Gasteiger partial charge on any atom is 0.0325 e. The molecule has 1 aromatic carbocycles. The highest BCUT2D eigenvalue weighted by molar-refractivity contribution is 5.38. The smallest absolute Gasteiger partial charge is 0.0325 e. The lowest BCUT2D eigenvalue weighted by Gasteiger charge is -2.28. The first kappa shape index (κ1) is 18.2. The summed E-state index contributed by atoms with van der Waals surface area (Å²) in [5, 5.41) is 3.70. The zero-order valence-corrected chi connectivity index (χ0v) is 15.4. The molecule has 0 heterocycles. The van der Waals surface area contributed by atoms with Gasteiger partial charge in [0.1, 0.15) is 0 Å². The lowest BCUT2D eigenvalue weighted by molar-refractivity contribution is 0.276. The van der Waals surface area contributed by atoms with Gasteiger partial charge in [0.05, 0.1) is 0 Å². The van der Waals surface area contributed by atoms with Gasteiger partial charge in [-0.05, 0) is 73.7 Å². The van der Waals surface area contributed by atoms with Crippen molar-refractivity contribution in [2.75, 3.05) is 6.54 Å². The molecule has 0 aliphatic rings. The fourth-order valence-corrected chi connectivity index (χ4v) is 3.46. The highest BCUT2D eigenvalue weighted by Crippen LogP contribution is 2.32. The fourth-order valence-electron chi connectivity index (χ4n) is 3.46. The summed E-state index contributed by atoms with van der Waals surface area (Å²) in [6, 6.07) is 5.21. The number of rotatable bonds is 6. The quantitative estimate of drug-likeness (QED) is 0.705. The molecule has 0 fully saturated rings. The Hall–Kier alpha value is -0.820. The van der Waals surface area contributed by atoms with Crippen molar-refractivity contribution in [2.24, 2.45) is 11.3 Å². The van der Waals surface area contributed by atoms with Crippen molar-refractivity contribution in [3.8, 4) is 0 Å². The standard InChI is InChI=1S/C20H35N/c1-9-21-19(10-14(2)13-20(6,7)8)18-12-16(4)15(3)11-17(18)5/h11-12,14,19,21H,9-10,13H2,1-8H3. The van der Waals surface area contributed by atoms with Gasteiger partial charge in [0.25, 0.3) is 0 Å². The lowest BCUT2D eigenvalue weighted by atomic mass is 9.81. The van der Waals surface area contributed by atoms with Crippen LogP contribution in [0, 0.1) is 32.1 Å². The molecule has 120 valence electrons. The van der Waals surface area contributed by atoms with Crippen LogP contribution in [0.4, 0.5) is 0 Å². The fraction of sp³-hybridized carbons (Fsp3) is 0.700. The van der Waals surface area contributed by atoms with Crippen molar-refractivity contribution in [2.45, 2.75) is 74.3 Å². The second-order valence-electron chi connectivity index (χ2n) is 8.01. The first-order chi connectivity index (χ1) is 9.64. The van der Waals surface area contributed by atoms with Crippen LogP contribution in [0.1, 0.15) is 75.8 Å². The van der Waals surface area contributed by atoms with Gasteiger partial charge in [0.2, 0.25) is 0 Å². The van der Waals surface area contributed by atoms with Crippen molar-refractivity contribution in [3.63, 3.8) is 0 Å². The molecule has 0 aliphatic carbocycles. The van der Waals surface area contributed by atoms with E-state index in [1.807, 2.05) is 0 Å². The summed E-state index contributed by atoms with van der Waals surface area (Å²) in [6.45, 7) is 19.3. The predicted molar refractivity (Wildman–Crippen MR) is 94.9 cm³/mol. The summed E-state index contributed by atoms with van der Waals surface area (Å²) in [4.78, 5) is 0. The number of hydrogen-bond acceptors (Lipinski definition) is 1. The van der Waals surface area contributed by atoms with E-state index in [-0.39, 0.29) is 0 Å². The van der Waals surface area contributed by atoms with Crippen LogP contribution in [0.25, 0.3) is 0 Å². The van der Waals surface area contributed by atoms with Crippen molar-refractivity contribution >= 4 is 0 Å². The van der Waals surface area contributed by atoms with Gasteiger partial charge < -0.3 is 5.32 Å². The number of benzene rings is 1. The maximum atomic E-state index is 3.70. The van der Waals surface area contributed by atoms with Crippen molar-refractivity contribution < 1.29 is 0 Å². The Morgan fingerprint density at radius 3 is 2.10 bits per heavy atom. The molecule has 1 N–H and O–H groups in total. The molecule has 1 heteroatoms. The summed E-state index contributed by atoms with van der Waals surface area (Å²) in [5.74, 6) is 0.732. The van der Waals surface area contributed by atoms with E-state index >= 15 is 0 Å². The molecular formula is C20H35N. The Bertz CT molecular complexity index is 454. The Morgan fingerprint density at radius 1 is 1.00 bits per heavy atom. The summed E-state index contributed by atoms with van der Waals surface area (Å²) < 4.78 is 0. The highest BCUT2D eigenvalue weighted by Gasteiger charge is 2.21. The normalized spacial score (nSPS) is 15.0. The number of hydrogen-bond donors (Lipinski definition) is 1. The van der Waals surface area contributed by atoms with Gasteiger partial charge in [-0.1, -0.05) is 46.8 Å². The largest absolute Gasteiger partial charge is 0.310 e. The molecule has 2 unspecified atom stereocenters. The Kier molecular flexibility index (Phi) is 6.46. The van der Waals surface area contributed by atoms with E-state index in [0.717, 1.165) is 12.5 Å². The van der Waals surface area contributed by atoms with Gasteiger partial charge in [0.15, 0.2) is 0 Å². The Morgan fingerprint density at radius 2 is 1.57 bits per heavy atom. The third-order valence-electron chi connectivity index (χ3n) is 4.31. The molecule has 0 saturated carbocycles. The van der Waals surface area contributed by atoms with Crippen LogP contribution in [0.5, 0.6) is 0 Å². The second-order valence-corrected chi connectivity index (χ2v) is 8.01. The van der Waals surface area contributed by atoms with Crippen molar-refractivity contribution in [1.29, 1.82) is 0 Å². The zero-order valence-electron chi connectivity index (χ0n) is 15.4. The monoisotopic (exact) mass is 289 g/mol. The van der Waals surface area contributed by atoms with E-state index in [1.54, 1.807) is 0 Å². The van der Waals surface area contributed by atoms with E-state index < -0.39 is 0 Å².